The second-order valence-corrected chi connectivity index (χ2v) is 8.46. The summed E-state index contributed by atoms with van der Waals surface area (Å²) in [6.45, 7) is 0.0706. The Morgan fingerprint density at radius 3 is 2.44 bits per heavy atom. The number of nitrogen functional groups attached to an aromatic ring is 1. The summed E-state index contributed by atoms with van der Waals surface area (Å²) in [4.78, 5) is 26.1. The molecule has 6 nitrogen and oxygen atoms in total. The van der Waals surface area contributed by atoms with Gasteiger partial charge in [0.1, 0.15) is 12.6 Å². The molecule has 0 aliphatic rings. The molecule has 1 unspecified atom stereocenters. The number of hydrogen-bond donors (Lipinski definition) is 2. The molecule has 0 bridgehead atoms. The fraction of sp³-hybridized carbons (Fsp3) is 0.167. The molecule has 3 rings (SSSR count). The number of anilines is 1. The van der Waals surface area contributed by atoms with Crippen LogP contribution in [0.3, 0.4) is 0 Å². The van der Waals surface area contributed by atoms with Gasteiger partial charge in [-0.3, -0.25) is 0 Å². The molecule has 0 radical (unpaired) electrons. The monoisotopic (exact) mass is 470 g/mol. The molecule has 0 fully saturated rings. The summed E-state index contributed by atoms with van der Waals surface area (Å²) < 4.78 is 10.3. The molecule has 0 saturated heterocycles. The highest BCUT2D eigenvalue weighted by atomic mass is 35.5. The minimum Gasteiger partial charge on any atom is -0.467 e. The van der Waals surface area contributed by atoms with E-state index in [1.54, 1.807) is 24.3 Å². The Hall–Kier alpha value is -3.16. The van der Waals surface area contributed by atoms with E-state index in [0.29, 0.717) is 10.7 Å². The molecular formula is C24H23ClN2O4S. The van der Waals surface area contributed by atoms with Crippen LogP contribution in [0.15, 0.2) is 83.8 Å². The normalized spacial score (nSPS) is 12.4. The first-order chi connectivity index (χ1) is 15.5. The largest absolute Gasteiger partial charge is 0.467 e. The van der Waals surface area contributed by atoms with E-state index in [0.717, 1.165) is 16.0 Å². The maximum atomic E-state index is 12.7. The van der Waals surface area contributed by atoms with Crippen molar-refractivity contribution in [2.45, 2.75) is 22.8 Å². The van der Waals surface area contributed by atoms with E-state index in [-0.39, 0.29) is 6.61 Å². The predicted octanol–water partition coefficient (Wildman–Crippen LogP) is 5.22. The number of nitrogens with two attached hydrogens (primary N) is 1. The third-order valence-corrected chi connectivity index (χ3v) is 6.25. The van der Waals surface area contributed by atoms with Crippen LogP contribution in [0.1, 0.15) is 16.4 Å². The molecule has 0 aliphatic heterocycles. The van der Waals surface area contributed by atoms with E-state index in [1.807, 2.05) is 54.6 Å². The molecule has 32 heavy (non-hydrogen) atoms. The summed E-state index contributed by atoms with van der Waals surface area (Å²) in [6, 6.07) is 22.6. The highest BCUT2D eigenvalue weighted by molar-refractivity contribution is 7.99. The van der Waals surface area contributed by atoms with Crippen LogP contribution in [0.5, 0.6) is 0 Å². The number of esters is 1. The topological polar surface area (TPSA) is 90.6 Å². The first-order valence-electron chi connectivity index (χ1n) is 9.79. The minimum atomic E-state index is -1.05. The van der Waals surface area contributed by atoms with E-state index in [9.17, 15) is 9.59 Å². The zero-order valence-electron chi connectivity index (χ0n) is 17.4. The van der Waals surface area contributed by atoms with Gasteiger partial charge in [0, 0.05) is 15.6 Å². The number of nitrogens with one attached hydrogen (secondary N) is 1. The summed E-state index contributed by atoms with van der Waals surface area (Å²) in [5.41, 5.74) is 8.23. The van der Waals surface area contributed by atoms with Gasteiger partial charge in [-0.2, -0.15) is 0 Å². The molecule has 0 spiro atoms. The van der Waals surface area contributed by atoms with E-state index < -0.39 is 23.4 Å². The zero-order valence-corrected chi connectivity index (χ0v) is 18.9. The number of thioether (sulfide) groups is 1. The van der Waals surface area contributed by atoms with Gasteiger partial charge in [-0.25, -0.2) is 9.59 Å². The molecular weight excluding hydrogens is 448 g/mol. The van der Waals surface area contributed by atoms with Crippen LogP contribution in [0, 0.1) is 0 Å². The van der Waals surface area contributed by atoms with E-state index in [4.69, 9.17) is 26.8 Å². The molecule has 0 heterocycles. The van der Waals surface area contributed by atoms with Crippen LogP contribution < -0.4 is 11.1 Å². The second kappa shape index (κ2) is 11.5. The predicted molar refractivity (Wildman–Crippen MR) is 126 cm³/mol. The van der Waals surface area contributed by atoms with Crippen molar-refractivity contribution < 1.29 is 19.1 Å². The van der Waals surface area contributed by atoms with Crippen molar-refractivity contribution in [1.29, 1.82) is 0 Å². The number of alkyl carbamates (subject to hydrolysis) is 1. The number of rotatable bonds is 8. The van der Waals surface area contributed by atoms with E-state index >= 15 is 0 Å². The number of carbonyl (C=O) groups excluding carboxylic acids is 2. The Morgan fingerprint density at radius 1 is 1.03 bits per heavy atom. The van der Waals surface area contributed by atoms with Gasteiger partial charge in [0.15, 0.2) is 0 Å². The number of para-hydroxylation sites is 1. The van der Waals surface area contributed by atoms with Crippen molar-refractivity contribution in [3.8, 4) is 0 Å². The lowest BCUT2D eigenvalue weighted by Crippen LogP contribution is -2.45. The van der Waals surface area contributed by atoms with Crippen LogP contribution in [0.4, 0.5) is 10.5 Å². The molecule has 0 saturated carbocycles. The lowest BCUT2D eigenvalue weighted by Gasteiger charge is -2.26. The number of carbonyl (C=O) groups is 2. The van der Waals surface area contributed by atoms with Crippen molar-refractivity contribution in [3.05, 3.63) is 95.0 Å². The van der Waals surface area contributed by atoms with Gasteiger partial charge in [0.2, 0.25) is 0 Å². The zero-order chi connectivity index (χ0) is 22.9. The number of methoxy groups -OCH3 is 1. The number of halogens is 1. The molecule has 0 aliphatic carbocycles. The number of amides is 1. The Labute approximate surface area is 196 Å². The van der Waals surface area contributed by atoms with Gasteiger partial charge < -0.3 is 20.5 Å². The van der Waals surface area contributed by atoms with Crippen molar-refractivity contribution in [1.82, 2.24) is 5.32 Å². The first-order valence-corrected chi connectivity index (χ1v) is 11.1. The molecule has 0 aromatic heterocycles. The smallest absolute Gasteiger partial charge is 0.408 e. The summed E-state index contributed by atoms with van der Waals surface area (Å²) >= 11 is 7.53. The van der Waals surface area contributed by atoms with Crippen LogP contribution in [0.2, 0.25) is 5.02 Å². The molecule has 3 aromatic carbocycles. The second-order valence-electron chi connectivity index (χ2n) is 6.84. The fourth-order valence-electron chi connectivity index (χ4n) is 3.01. The van der Waals surface area contributed by atoms with E-state index in [2.05, 4.69) is 5.32 Å². The minimum absolute atomic E-state index is 0.0706. The molecule has 3 N–H and O–H groups in total. The molecule has 2 atom stereocenters. The van der Waals surface area contributed by atoms with Gasteiger partial charge in [0.25, 0.3) is 0 Å². The number of hydrogen-bond acceptors (Lipinski definition) is 6. The van der Waals surface area contributed by atoms with E-state index in [1.165, 1.54) is 18.9 Å². The SMILES string of the molecule is COC(=O)[C@@H](NC(=O)OCc1ccccc1)C(Sc1ccccc1N)c1cccc(Cl)c1. The number of ether oxygens (including phenoxy) is 2. The highest BCUT2D eigenvalue weighted by Crippen LogP contribution is 2.41. The first kappa shape index (κ1) is 23.5. The average molecular weight is 471 g/mol. The number of benzene rings is 3. The molecule has 8 heteroatoms. The van der Waals surface area contributed by atoms with Crippen LogP contribution >= 0.6 is 23.4 Å². The summed E-state index contributed by atoms with van der Waals surface area (Å²) in [5, 5.41) is 2.59. The third kappa shape index (κ3) is 6.42. The van der Waals surface area contributed by atoms with Gasteiger partial charge in [0.05, 0.1) is 12.4 Å². The summed E-state index contributed by atoms with van der Waals surface area (Å²) in [6.07, 6.45) is -0.738. The van der Waals surface area contributed by atoms with Crippen molar-refractivity contribution in [2.24, 2.45) is 0 Å². The van der Waals surface area contributed by atoms with Crippen LogP contribution in [-0.4, -0.2) is 25.2 Å². The lowest BCUT2D eigenvalue weighted by molar-refractivity contribution is -0.143. The van der Waals surface area contributed by atoms with Crippen LogP contribution in [-0.2, 0) is 20.9 Å². The van der Waals surface area contributed by atoms with Gasteiger partial charge in [-0.05, 0) is 35.4 Å². The Morgan fingerprint density at radius 2 is 1.75 bits per heavy atom. The van der Waals surface area contributed by atoms with Gasteiger partial charge >= 0.3 is 12.1 Å². The summed E-state index contributed by atoms with van der Waals surface area (Å²) in [5.74, 6) is -0.617. The van der Waals surface area contributed by atoms with Gasteiger partial charge in [-0.1, -0.05) is 66.2 Å². The third-order valence-electron chi connectivity index (χ3n) is 4.59. The summed E-state index contributed by atoms with van der Waals surface area (Å²) in [7, 11) is 1.27. The average Bonchev–Trinajstić information content (AvgIpc) is 2.81. The molecule has 1 amide bonds. The Bertz CT molecular complexity index is 1060. The van der Waals surface area contributed by atoms with Crippen molar-refractivity contribution in [3.63, 3.8) is 0 Å². The maximum Gasteiger partial charge on any atom is 0.408 e. The fourth-order valence-corrected chi connectivity index (χ4v) is 4.45. The molecule has 166 valence electrons. The molecule has 3 aromatic rings. The Kier molecular flexibility index (Phi) is 8.41. The van der Waals surface area contributed by atoms with Crippen molar-refractivity contribution in [2.75, 3.05) is 12.8 Å². The highest BCUT2D eigenvalue weighted by Gasteiger charge is 2.34. The van der Waals surface area contributed by atoms with Crippen molar-refractivity contribution >= 4 is 41.1 Å². The van der Waals surface area contributed by atoms with Crippen LogP contribution in [0.25, 0.3) is 0 Å². The van der Waals surface area contributed by atoms with Gasteiger partial charge in [-0.15, -0.1) is 11.8 Å². The standard InChI is InChI=1S/C24H23ClN2O4S/c1-30-23(28)21(27-24(29)31-15-16-8-3-2-4-9-16)22(17-10-7-11-18(25)14-17)32-20-13-6-5-12-19(20)26/h2-14,21-22H,15,26H2,1H3,(H,27,29)/t21-,22?/m0/s1. The quantitative estimate of drug-likeness (QED) is 0.266. The lowest BCUT2D eigenvalue weighted by atomic mass is 10.1. The Balaban J connectivity index is 1.87. The maximum absolute atomic E-state index is 12.7.